The highest BCUT2D eigenvalue weighted by molar-refractivity contribution is 5.44. The summed E-state index contributed by atoms with van der Waals surface area (Å²) in [7, 11) is 0. The van der Waals surface area contributed by atoms with Gasteiger partial charge in [-0.2, -0.15) is 0 Å². The van der Waals surface area contributed by atoms with Crippen LogP contribution in [-0.2, 0) is 4.74 Å². The molecule has 1 rings (SSSR count). The number of rotatable bonds is 6. The van der Waals surface area contributed by atoms with Crippen molar-refractivity contribution in [3.63, 3.8) is 0 Å². The number of hydrogen-bond donors (Lipinski definition) is 2. The van der Waals surface area contributed by atoms with E-state index < -0.39 is 0 Å². The second-order valence-electron chi connectivity index (χ2n) is 4.02. The van der Waals surface area contributed by atoms with Crippen LogP contribution in [0.25, 0.3) is 0 Å². The summed E-state index contributed by atoms with van der Waals surface area (Å²) in [5.74, 6) is 6.84. The van der Waals surface area contributed by atoms with Crippen LogP contribution in [-0.4, -0.2) is 16.6 Å². The van der Waals surface area contributed by atoms with Gasteiger partial charge < -0.3 is 10.2 Å². The Kier molecular flexibility index (Phi) is 5.31. The molecule has 0 aliphatic carbocycles. The van der Waals surface area contributed by atoms with E-state index in [4.69, 9.17) is 10.6 Å². The lowest BCUT2D eigenvalue weighted by atomic mass is 10.1. The average molecular weight is 238 g/mol. The van der Waals surface area contributed by atoms with Gasteiger partial charge in [-0.25, -0.2) is 15.8 Å². The Morgan fingerprint density at radius 1 is 1.29 bits per heavy atom. The van der Waals surface area contributed by atoms with Crippen LogP contribution < -0.4 is 11.3 Å². The molecule has 17 heavy (non-hydrogen) atoms. The zero-order chi connectivity index (χ0) is 12.8. The zero-order valence-corrected chi connectivity index (χ0v) is 11.1. The molecule has 0 saturated carbocycles. The molecular formula is C12H22N4O. The molecule has 3 N–H and O–H groups in total. The van der Waals surface area contributed by atoms with Crippen molar-refractivity contribution in [2.75, 3.05) is 12.0 Å². The lowest BCUT2D eigenvalue weighted by Gasteiger charge is -2.17. The van der Waals surface area contributed by atoms with Gasteiger partial charge >= 0.3 is 0 Å². The molecule has 0 saturated heterocycles. The summed E-state index contributed by atoms with van der Waals surface area (Å²) in [6.45, 7) is 8.66. The second kappa shape index (κ2) is 6.51. The van der Waals surface area contributed by atoms with Gasteiger partial charge in [-0.1, -0.05) is 13.3 Å². The first kappa shape index (κ1) is 13.9. The van der Waals surface area contributed by atoms with Gasteiger partial charge in [0.1, 0.15) is 11.9 Å². The monoisotopic (exact) mass is 238 g/mol. The maximum absolute atomic E-state index is 5.67. The van der Waals surface area contributed by atoms with Crippen molar-refractivity contribution in [2.24, 2.45) is 5.84 Å². The fourth-order valence-electron chi connectivity index (χ4n) is 1.69. The molecule has 0 spiro atoms. The van der Waals surface area contributed by atoms with Crippen molar-refractivity contribution in [1.29, 1.82) is 0 Å². The van der Waals surface area contributed by atoms with Gasteiger partial charge in [0, 0.05) is 17.9 Å². The smallest absolute Gasteiger partial charge is 0.159 e. The highest BCUT2D eigenvalue weighted by Gasteiger charge is 2.16. The fourth-order valence-corrected chi connectivity index (χ4v) is 1.69. The molecular weight excluding hydrogens is 216 g/mol. The molecule has 0 amide bonds. The summed E-state index contributed by atoms with van der Waals surface area (Å²) in [5, 5.41) is 0. The Balaban J connectivity index is 3.06. The Morgan fingerprint density at radius 2 is 2.00 bits per heavy atom. The summed E-state index contributed by atoms with van der Waals surface area (Å²) in [6.07, 6.45) is 1.91. The van der Waals surface area contributed by atoms with Crippen LogP contribution in [0.5, 0.6) is 0 Å². The van der Waals surface area contributed by atoms with E-state index in [2.05, 4.69) is 22.3 Å². The van der Waals surface area contributed by atoms with Gasteiger partial charge in [-0.05, 0) is 27.2 Å². The molecule has 1 aromatic rings. The van der Waals surface area contributed by atoms with E-state index in [0.717, 1.165) is 24.1 Å². The number of hydrogen-bond acceptors (Lipinski definition) is 5. The maximum Gasteiger partial charge on any atom is 0.159 e. The highest BCUT2D eigenvalue weighted by atomic mass is 16.5. The van der Waals surface area contributed by atoms with Gasteiger partial charge in [0.05, 0.1) is 0 Å². The first-order valence-corrected chi connectivity index (χ1v) is 6.07. The fraction of sp³-hybridized carbons (Fsp3) is 0.667. The molecule has 1 aromatic heterocycles. The van der Waals surface area contributed by atoms with E-state index in [1.807, 2.05) is 20.8 Å². The molecule has 5 nitrogen and oxygen atoms in total. The topological polar surface area (TPSA) is 73.1 Å². The minimum Gasteiger partial charge on any atom is -0.371 e. The molecule has 1 atom stereocenters. The van der Waals surface area contributed by atoms with Crippen molar-refractivity contribution >= 4 is 5.82 Å². The van der Waals surface area contributed by atoms with Gasteiger partial charge in [0.25, 0.3) is 0 Å². The maximum atomic E-state index is 5.67. The van der Waals surface area contributed by atoms with Crippen molar-refractivity contribution in [2.45, 2.75) is 46.6 Å². The standard InChI is InChI=1S/C12H22N4O/c1-5-7-10(17-6-2)12-14-9(4)8(3)11(15-12)16-13/h10H,5-7,13H2,1-4H3,(H,14,15,16). The van der Waals surface area contributed by atoms with Crippen LogP contribution >= 0.6 is 0 Å². The van der Waals surface area contributed by atoms with Crippen LogP contribution in [0.4, 0.5) is 5.82 Å². The summed E-state index contributed by atoms with van der Waals surface area (Å²) in [4.78, 5) is 8.90. The third-order valence-corrected chi connectivity index (χ3v) is 2.75. The first-order chi connectivity index (χ1) is 8.13. The van der Waals surface area contributed by atoms with Gasteiger partial charge in [0.15, 0.2) is 5.82 Å². The number of aryl methyl sites for hydroxylation is 1. The first-order valence-electron chi connectivity index (χ1n) is 6.07. The molecule has 0 aliphatic heterocycles. The molecule has 0 aromatic carbocycles. The van der Waals surface area contributed by atoms with Crippen LogP contribution in [0.2, 0.25) is 0 Å². The SMILES string of the molecule is CCCC(OCC)c1nc(C)c(C)c(NN)n1. The second-order valence-corrected chi connectivity index (χ2v) is 4.02. The summed E-state index contributed by atoms with van der Waals surface area (Å²) < 4.78 is 5.67. The average Bonchev–Trinajstić information content (AvgIpc) is 2.32. The highest BCUT2D eigenvalue weighted by Crippen LogP contribution is 2.23. The Hall–Kier alpha value is -1.20. The van der Waals surface area contributed by atoms with E-state index in [9.17, 15) is 0 Å². The Morgan fingerprint density at radius 3 is 2.53 bits per heavy atom. The number of aromatic nitrogens is 2. The van der Waals surface area contributed by atoms with Crippen molar-refractivity contribution in [1.82, 2.24) is 9.97 Å². The molecule has 5 heteroatoms. The van der Waals surface area contributed by atoms with E-state index in [1.54, 1.807) is 0 Å². The van der Waals surface area contributed by atoms with Crippen molar-refractivity contribution in [3.8, 4) is 0 Å². The number of nitrogen functional groups attached to an aromatic ring is 1. The number of nitrogens with zero attached hydrogens (tertiary/aromatic N) is 2. The molecule has 0 fully saturated rings. The largest absolute Gasteiger partial charge is 0.371 e. The minimum absolute atomic E-state index is 0.0450. The van der Waals surface area contributed by atoms with Crippen LogP contribution in [0.15, 0.2) is 0 Å². The van der Waals surface area contributed by atoms with Crippen LogP contribution in [0.3, 0.4) is 0 Å². The van der Waals surface area contributed by atoms with E-state index in [0.29, 0.717) is 18.2 Å². The molecule has 0 radical (unpaired) electrons. The normalized spacial score (nSPS) is 12.5. The van der Waals surface area contributed by atoms with E-state index in [-0.39, 0.29) is 6.10 Å². The van der Waals surface area contributed by atoms with Crippen LogP contribution in [0, 0.1) is 13.8 Å². The van der Waals surface area contributed by atoms with Gasteiger partial charge in [-0.3, -0.25) is 0 Å². The van der Waals surface area contributed by atoms with Crippen molar-refractivity contribution in [3.05, 3.63) is 17.1 Å². The van der Waals surface area contributed by atoms with E-state index in [1.165, 1.54) is 0 Å². The zero-order valence-electron chi connectivity index (χ0n) is 11.1. The Bertz CT molecular complexity index is 362. The summed E-state index contributed by atoms with van der Waals surface area (Å²) >= 11 is 0. The molecule has 0 bridgehead atoms. The third-order valence-electron chi connectivity index (χ3n) is 2.75. The van der Waals surface area contributed by atoms with Crippen molar-refractivity contribution < 1.29 is 4.74 Å². The number of nitrogens with one attached hydrogen (secondary N) is 1. The molecule has 0 aliphatic rings. The minimum atomic E-state index is -0.0450. The Labute approximate surface area is 103 Å². The number of anilines is 1. The quantitative estimate of drug-likeness (QED) is 0.587. The summed E-state index contributed by atoms with van der Waals surface area (Å²) in [6, 6.07) is 0. The van der Waals surface area contributed by atoms with Crippen LogP contribution in [0.1, 0.15) is 49.9 Å². The summed E-state index contributed by atoms with van der Waals surface area (Å²) in [5.41, 5.74) is 4.52. The number of ether oxygens (including phenoxy) is 1. The van der Waals surface area contributed by atoms with Gasteiger partial charge in [-0.15, -0.1) is 0 Å². The number of nitrogens with two attached hydrogens (primary N) is 1. The predicted molar refractivity (Wildman–Crippen MR) is 68.6 cm³/mol. The van der Waals surface area contributed by atoms with Gasteiger partial charge in [0.2, 0.25) is 0 Å². The molecule has 1 unspecified atom stereocenters. The molecule has 96 valence electrons. The third kappa shape index (κ3) is 3.38. The predicted octanol–water partition coefficient (Wildman–Crippen LogP) is 2.26. The molecule has 1 heterocycles. The van der Waals surface area contributed by atoms with E-state index >= 15 is 0 Å². The lowest BCUT2D eigenvalue weighted by molar-refractivity contribution is 0.0493. The lowest BCUT2D eigenvalue weighted by Crippen LogP contribution is -2.16. The number of hydrazine groups is 1.